The predicted octanol–water partition coefficient (Wildman–Crippen LogP) is 2.95. The molecule has 1 N–H and O–H groups in total. The Labute approximate surface area is 110 Å². The predicted molar refractivity (Wildman–Crippen MR) is 72.5 cm³/mol. The van der Waals surface area contributed by atoms with E-state index in [2.05, 4.69) is 30.1 Å². The molecule has 1 saturated heterocycles. The van der Waals surface area contributed by atoms with Gasteiger partial charge in [0, 0.05) is 24.7 Å². The molecule has 3 nitrogen and oxygen atoms in total. The van der Waals surface area contributed by atoms with Crippen LogP contribution in [-0.4, -0.2) is 29.6 Å². The molecule has 3 heteroatoms. The minimum atomic E-state index is 0.382. The quantitative estimate of drug-likeness (QED) is 0.872. The molecule has 1 aromatic heterocycles. The number of hydrogen-bond acceptors (Lipinski definition) is 3. The molecule has 2 atom stereocenters. The van der Waals surface area contributed by atoms with Crippen LogP contribution in [0.5, 0.6) is 0 Å². The molecule has 100 valence electrons. The van der Waals surface area contributed by atoms with Crippen LogP contribution in [0.3, 0.4) is 0 Å². The monoisotopic (exact) mass is 248 g/mol. The third kappa shape index (κ3) is 2.10. The lowest BCUT2D eigenvalue weighted by Gasteiger charge is -2.47. The van der Waals surface area contributed by atoms with Crippen molar-refractivity contribution in [3.8, 4) is 0 Å². The van der Waals surface area contributed by atoms with Crippen molar-refractivity contribution >= 4 is 0 Å². The summed E-state index contributed by atoms with van der Waals surface area (Å²) in [7, 11) is 0. The third-order valence-corrected chi connectivity index (χ3v) is 4.84. The van der Waals surface area contributed by atoms with E-state index in [0.29, 0.717) is 17.6 Å². The van der Waals surface area contributed by atoms with Gasteiger partial charge in [-0.25, -0.2) is 0 Å². The second-order valence-electron chi connectivity index (χ2n) is 6.08. The maximum Gasteiger partial charge on any atom is 0.120 e. The molecule has 2 heterocycles. The molecular weight excluding hydrogens is 224 g/mol. The molecular formula is C15H24N2O. The van der Waals surface area contributed by atoms with Crippen LogP contribution in [0.15, 0.2) is 22.8 Å². The van der Waals surface area contributed by atoms with Crippen molar-refractivity contribution in [3.05, 3.63) is 24.2 Å². The number of hydrogen-bond donors (Lipinski definition) is 1. The van der Waals surface area contributed by atoms with Gasteiger partial charge in [0.1, 0.15) is 5.76 Å². The van der Waals surface area contributed by atoms with Crippen molar-refractivity contribution in [3.63, 3.8) is 0 Å². The standard InChI is InChI=1S/C15H24N2O/c1-12-10-16-15(7-3-4-8-15)11-17(12)13(2)14-6-5-9-18-14/h5-6,9,12-13,16H,3-4,7-8,10-11H2,1-2H3. The molecule has 0 aromatic carbocycles. The van der Waals surface area contributed by atoms with Gasteiger partial charge in [0.2, 0.25) is 0 Å². The average molecular weight is 248 g/mol. The number of piperazine rings is 1. The fraction of sp³-hybridized carbons (Fsp3) is 0.733. The molecule has 2 fully saturated rings. The summed E-state index contributed by atoms with van der Waals surface area (Å²) in [5.41, 5.74) is 0.382. The Kier molecular flexibility index (Phi) is 3.20. The van der Waals surface area contributed by atoms with E-state index >= 15 is 0 Å². The van der Waals surface area contributed by atoms with Gasteiger partial charge in [0.25, 0.3) is 0 Å². The van der Waals surface area contributed by atoms with Crippen molar-refractivity contribution in [2.75, 3.05) is 13.1 Å². The maximum atomic E-state index is 5.59. The minimum absolute atomic E-state index is 0.382. The molecule has 1 aromatic rings. The van der Waals surface area contributed by atoms with Crippen LogP contribution in [0.4, 0.5) is 0 Å². The maximum absolute atomic E-state index is 5.59. The van der Waals surface area contributed by atoms with Crippen LogP contribution in [0.2, 0.25) is 0 Å². The Morgan fingerprint density at radius 3 is 2.89 bits per heavy atom. The van der Waals surface area contributed by atoms with Gasteiger partial charge in [-0.2, -0.15) is 0 Å². The SMILES string of the molecule is CC1CNC2(CCCC2)CN1C(C)c1ccco1. The van der Waals surface area contributed by atoms with Crippen LogP contribution in [0.25, 0.3) is 0 Å². The zero-order chi connectivity index (χ0) is 12.6. The molecule has 0 amide bonds. The largest absolute Gasteiger partial charge is 0.468 e. The smallest absolute Gasteiger partial charge is 0.120 e. The highest BCUT2D eigenvalue weighted by Gasteiger charge is 2.41. The van der Waals surface area contributed by atoms with Gasteiger partial charge in [-0.05, 0) is 38.8 Å². The van der Waals surface area contributed by atoms with Gasteiger partial charge in [-0.15, -0.1) is 0 Å². The highest BCUT2D eigenvalue weighted by molar-refractivity contribution is 5.08. The molecule has 3 rings (SSSR count). The van der Waals surface area contributed by atoms with Gasteiger partial charge in [-0.3, -0.25) is 4.90 Å². The summed E-state index contributed by atoms with van der Waals surface area (Å²) in [6, 6.07) is 5.05. The molecule has 0 bridgehead atoms. The van der Waals surface area contributed by atoms with Crippen molar-refractivity contribution in [2.24, 2.45) is 0 Å². The van der Waals surface area contributed by atoms with Crippen LogP contribution >= 0.6 is 0 Å². The highest BCUT2D eigenvalue weighted by atomic mass is 16.3. The molecule has 2 unspecified atom stereocenters. The number of nitrogens with zero attached hydrogens (tertiary/aromatic N) is 1. The van der Waals surface area contributed by atoms with Gasteiger partial charge < -0.3 is 9.73 Å². The lowest BCUT2D eigenvalue weighted by molar-refractivity contribution is 0.0485. The van der Waals surface area contributed by atoms with Crippen molar-refractivity contribution in [2.45, 2.75) is 57.2 Å². The Bertz CT molecular complexity index is 381. The first-order chi connectivity index (χ1) is 8.70. The van der Waals surface area contributed by atoms with Crippen molar-refractivity contribution in [1.29, 1.82) is 0 Å². The number of furan rings is 1. The van der Waals surface area contributed by atoms with E-state index in [1.807, 2.05) is 6.07 Å². The van der Waals surface area contributed by atoms with E-state index in [4.69, 9.17) is 4.42 Å². The van der Waals surface area contributed by atoms with E-state index in [9.17, 15) is 0 Å². The first kappa shape index (κ1) is 12.2. The summed E-state index contributed by atoms with van der Waals surface area (Å²) in [4.78, 5) is 2.61. The van der Waals surface area contributed by atoms with Gasteiger partial charge in [-0.1, -0.05) is 12.8 Å². The van der Waals surface area contributed by atoms with E-state index < -0.39 is 0 Å². The molecule has 1 aliphatic carbocycles. The second-order valence-corrected chi connectivity index (χ2v) is 6.08. The molecule has 1 spiro atoms. The summed E-state index contributed by atoms with van der Waals surface area (Å²) in [5, 5.41) is 3.80. The average Bonchev–Trinajstić information content (AvgIpc) is 3.04. The molecule has 18 heavy (non-hydrogen) atoms. The fourth-order valence-electron chi connectivity index (χ4n) is 3.64. The Balaban J connectivity index is 1.77. The first-order valence-corrected chi connectivity index (χ1v) is 7.24. The van der Waals surface area contributed by atoms with E-state index in [1.165, 1.54) is 25.7 Å². The Morgan fingerprint density at radius 2 is 2.22 bits per heavy atom. The Hall–Kier alpha value is -0.800. The third-order valence-electron chi connectivity index (χ3n) is 4.84. The zero-order valence-corrected chi connectivity index (χ0v) is 11.5. The molecule has 0 radical (unpaired) electrons. The minimum Gasteiger partial charge on any atom is -0.468 e. The van der Waals surface area contributed by atoms with E-state index in [-0.39, 0.29) is 0 Å². The van der Waals surface area contributed by atoms with Crippen molar-refractivity contribution in [1.82, 2.24) is 10.2 Å². The van der Waals surface area contributed by atoms with Crippen LogP contribution in [0, 0.1) is 0 Å². The van der Waals surface area contributed by atoms with E-state index in [1.54, 1.807) is 6.26 Å². The number of rotatable bonds is 2. The second kappa shape index (κ2) is 4.71. The summed E-state index contributed by atoms with van der Waals surface area (Å²) < 4.78 is 5.59. The number of nitrogens with one attached hydrogen (secondary N) is 1. The molecule has 1 saturated carbocycles. The summed E-state index contributed by atoms with van der Waals surface area (Å²) in [6.07, 6.45) is 7.21. The van der Waals surface area contributed by atoms with Crippen LogP contribution < -0.4 is 5.32 Å². The topological polar surface area (TPSA) is 28.4 Å². The van der Waals surface area contributed by atoms with Gasteiger partial charge in [0.05, 0.1) is 12.3 Å². The lowest BCUT2D eigenvalue weighted by atomic mass is 9.91. The summed E-state index contributed by atoms with van der Waals surface area (Å²) in [5.74, 6) is 1.09. The molecule has 2 aliphatic rings. The van der Waals surface area contributed by atoms with Crippen LogP contribution in [0.1, 0.15) is 51.3 Å². The molecule has 1 aliphatic heterocycles. The summed E-state index contributed by atoms with van der Waals surface area (Å²) >= 11 is 0. The summed E-state index contributed by atoms with van der Waals surface area (Å²) in [6.45, 7) is 6.85. The fourth-order valence-corrected chi connectivity index (χ4v) is 3.64. The zero-order valence-electron chi connectivity index (χ0n) is 11.5. The Morgan fingerprint density at radius 1 is 1.44 bits per heavy atom. The normalized spacial score (nSPS) is 29.8. The van der Waals surface area contributed by atoms with Gasteiger partial charge >= 0.3 is 0 Å². The van der Waals surface area contributed by atoms with E-state index in [0.717, 1.165) is 18.8 Å². The highest BCUT2D eigenvalue weighted by Crippen LogP contribution is 2.36. The van der Waals surface area contributed by atoms with Crippen molar-refractivity contribution < 1.29 is 4.42 Å². The first-order valence-electron chi connectivity index (χ1n) is 7.24. The van der Waals surface area contributed by atoms with Gasteiger partial charge in [0.15, 0.2) is 0 Å². The lowest BCUT2D eigenvalue weighted by Crippen LogP contribution is -2.62. The van der Waals surface area contributed by atoms with Crippen LogP contribution in [-0.2, 0) is 0 Å².